The Morgan fingerprint density at radius 1 is 1.05 bits per heavy atom. The van der Waals surface area contributed by atoms with Gasteiger partial charge in [0, 0.05) is 24.3 Å². The average Bonchev–Trinajstić information content (AvgIpc) is 3.01. The number of amides is 2. The Morgan fingerprint density at radius 2 is 1.68 bits per heavy atom. The highest BCUT2D eigenvalue weighted by atomic mass is 16.2. The molecule has 1 aromatic heterocycles. The molecule has 2 aliphatic carbocycles. The standard InChI is InChI=1S/C16H24N4O2/c21-15-6-3-11-17-20(15)14-9-7-13(8-10-14)19-16(22)18-12-4-1-2-5-12/h3,6,11-14H,1-2,4-5,7-10H2,(H2,18,19,22). The average molecular weight is 304 g/mol. The third-order valence-electron chi connectivity index (χ3n) is 4.81. The lowest BCUT2D eigenvalue weighted by Crippen LogP contribution is -2.47. The highest BCUT2D eigenvalue weighted by Gasteiger charge is 2.25. The van der Waals surface area contributed by atoms with Crippen LogP contribution in [0.1, 0.15) is 57.4 Å². The van der Waals surface area contributed by atoms with Gasteiger partial charge in [0.2, 0.25) is 0 Å². The topological polar surface area (TPSA) is 76.0 Å². The van der Waals surface area contributed by atoms with Crippen molar-refractivity contribution in [2.75, 3.05) is 0 Å². The van der Waals surface area contributed by atoms with E-state index >= 15 is 0 Å². The van der Waals surface area contributed by atoms with Crippen molar-refractivity contribution >= 4 is 6.03 Å². The minimum absolute atomic E-state index is 0.0367. The van der Waals surface area contributed by atoms with E-state index in [0.29, 0.717) is 6.04 Å². The van der Waals surface area contributed by atoms with E-state index in [1.165, 1.54) is 12.8 Å². The normalized spacial score (nSPS) is 25.8. The zero-order chi connectivity index (χ0) is 15.4. The van der Waals surface area contributed by atoms with Gasteiger partial charge >= 0.3 is 6.03 Å². The Hall–Kier alpha value is -1.85. The van der Waals surface area contributed by atoms with Gasteiger partial charge in [-0.2, -0.15) is 5.10 Å². The van der Waals surface area contributed by atoms with Crippen molar-refractivity contribution in [2.24, 2.45) is 0 Å². The van der Waals surface area contributed by atoms with Crippen LogP contribution in [0.3, 0.4) is 0 Å². The van der Waals surface area contributed by atoms with Gasteiger partial charge in [-0.05, 0) is 44.6 Å². The fourth-order valence-corrected chi connectivity index (χ4v) is 3.59. The second-order valence-corrected chi connectivity index (χ2v) is 6.41. The lowest BCUT2D eigenvalue weighted by atomic mass is 9.91. The van der Waals surface area contributed by atoms with Crippen LogP contribution in [0.25, 0.3) is 0 Å². The van der Waals surface area contributed by atoms with Crippen LogP contribution in [0.2, 0.25) is 0 Å². The van der Waals surface area contributed by atoms with Gasteiger partial charge in [0.05, 0.1) is 6.04 Å². The van der Waals surface area contributed by atoms with E-state index in [-0.39, 0.29) is 23.7 Å². The highest BCUT2D eigenvalue weighted by Crippen LogP contribution is 2.26. The van der Waals surface area contributed by atoms with Crippen LogP contribution in [0.15, 0.2) is 23.1 Å². The fraction of sp³-hybridized carbons (Fsp3) is 0.688. The molecule has 0 saturated heterocycles. The quantitative estimate of drug-likeness (QED) is 0.896. The molecular formula is C16H24N4O2. The number of hydrogen-bond acceptors (Lipinski definition) is 3. The summed E-state index contributed by atoms with van der Waals surface area (Å²) in [6, 6.07) is 3.89. The molecule has 0 unspecified atom stereocenters. The van der Waals surface area contributed by atoms with Gasteiger partial charge in [0.1, 0.15) is 0 Å². The molecule has 0 bridgehead atoms. The minimum Gasteiger partial charge on any atom is -0.335 e. The van der Waals surface area contributed by atoms with Gasteiger partial charge in [0.15, 0.2) is 0 Å². The van der Waals surface area contributed by atoms with Gasteiger partial charge in [-0.1, -0.05) is 12.8 Å². The first-order chi connectivity index (χ1) is 10.7. The van der Waals surface area contributed by atoms with Crippen LogP contribution >= 0.6 is 0 Å². The van der Waals surface area contributed by atoms with Crippen molar-refractivity contribution in [3.05, 3.63) is 28.7 Å². The molecule has 0 aliphatic heterocycles. The van der Waals surface area contributed by atoms with Crippen molar-refractivity contribution in [1.29, 1.82) is 0 Å². The number of urea groups is 1. The van der Waals surface area contributed by atoms with E-state index in [4.69, 9.17) is 0 Å². The second kappa shape index (κ2) is 6.94. The zero-order valence-corrected chi connectivity index (χ0v) is 12.8. The monoisotopic (exact) mass is 304 g/mol. The first-order valence-electron chi connectivity index (χ1n) is 8.33. The number of rotatable bonds is 3. The van der Waals surface area contributed by atoms with Crippen molar-refractivity contribution in [3.8, 4) is 0 Å². The van der Waals surface area contributed by atoms with E-state index in [9.17, 15) is 9.59 Å². The van der Waals surface area contributed by atoms with Crippen molar-refractivity contribution in [2.45, 2.75) is 69.5 Å². The van der Waals surface area contributed by atoms with E-state index in [1.54, 1.807) is 23.0 Å². The predicted octanol–water partition coefficient (Wildman–Crippen LogP) is 1.97. The lowest BCUT2D eigenvalue weighted by molar-refractivity contribution is 0.221. The molecule has 0 aromatic carbocycles. The summed E-state index contributed by atoms with van der Waals surface area (Å²) in [6.07, 6.45) is 9.84. The molecule has 0 spiro atoms. The maximum absolute atomic E-state index is 12.0. The maximum Gasteiger partial charge on any atom is 0.315 e. The molecule has 2 N–H and O–H groups in total. The largest absolute Gasteiger partial charge is 0.335 e. The van der Waals surface area contributed by atoms with Gasteiger partial charge < -0.3 is 10.6 Å². The molecule has 2 saturated carbocycles. The molecule has 2 amide bonds. The summed E-state index contributed by atoms with van der Waals surface area (Å²) in [5.74, 6) is 0. The van der Waals surface area contributed by atoms with Gasteiger partial charge in [-0.25, -0.2) is 9.48 Å². The first kappa shape index (κ1) is 15.1. The molecule has 0 radical (unpaired) electrons. The highest BCUT2D eigenvalue weighted by molar-refractivity contribution is 5.74. The van der Waals surface area contributed by atoms with Crippen LogP contribution in [-0.4, -0.2) is 27.9 Å². The molecular weight excluding hydrogens is 280 g/mol. The minimum atomic E-state index is -0.0436. The summed E-state index contributed by atoms with van der Waals surface area (Å²) in [6.45, 7) is 0. The summed E-state index contributed by atoms with van der Waals surface area (Å²) in [5.41, 5.74) is -0.0436. The summed E-state index contributed by atoms with van der Waals surface area (Å²) in [4.78, 5) is 23.8. The number of aromatic nitrogens is 2. The van der Waals surface area contributed by atoms with Crippen molar-refractivity contribution < 1.29 is 4.79 Å². The van der Waals surface area contributed by atoms with E-state index in [2.05, 4.69) is 15.7 Å². The van der Waals surface area contributed by atoms with Crippen LogP contribution in [-0.2, 0) is 0 Å². The molecule has 6 nitrogen and oxygen atoms in total. The number of hydrogen-bond donors (Lipinski definition) is 2. The molecule has 120 valence electrons. The Bertz CT molecular complexity index is 557. The number of carbonyl (C=O) groups is 1. The Labute approximate surface area is 130 Å². The van der Waals surface area contributed by atoms with E-state index < -0.39 is 0 Å². The van der Waals surface area contributed by atoms with Gasteiger partial charge in [-0.3, -0.25) is 4.79 Å². The van der Waals surface area contributed by atoms with Crippen molar-refractivity contribution in [3.63, 3.8) is 0 Å². The van der Waals surface area contributed by atoms with E-state index in [1.807, 2.05) is 0 Å². The van der Waals surface area contributed by atoms with Crippen LogP contribution in [0.4, 0.5) is 4.79 Å². The summed E-state index contributed by atoms with van der Waals surface area (Å²) >= 11 is 0. The van der Waals surface area contributed by atoms with Crippen LogP contribution in [0.5, 0.6) is 0 Å². The van der Waals surface area contributed by atoms with Crippen LogP contribution in [0, 0.1) is 0 Å². The molecule has 22 heavy (non-hydrogen) atoms. The summed E-state index contributed by atoms with van der Waals surface area (Å²) in [5, 5.41) is 10.3. The second-order valence-electron chi connectivity index (χ2n) is 6.41. The fourth-order valence-electron chi connectivity index (χ4n) is 3.59. The van der Waals surface area contributed by atoms with Crippen LogP contribution < -0.4 is 16.2 Å². The lowest BCUT2D eigenvalue weighted by Gasteiger charge is -2.29. The molecule has 1 aromatic rings. The first-order valence-corrected chi connectivity index (χ1v) is 8.33. The SMILES string of the molecule is O=C(NC1CCCC1)NC1CCC(n2ncccc2=O)CC1. The number of nitrogens with zero attached hydrogens (tertiary/aromatic N) is 2. The zero-order valence-electron chi connectivity index (χ0n) is 12.8. The third kappa shape index (κ3) is 3.67. The molecule has 2 fully saturated rings. The Kier molecular flexibility index (Phi) is 4.75. The molecule has 6 heteroatoms. The molecule has 0 atom stereocenters. The molecule has 2 aliphatic rings. The van der Waals surface area contributed by atoms with Crippen molar-refractivity contribution in [1.82, 2.24) is 20.4 Å². The van der Waals surface area contributed by atoms with Gasteiger partial charge in [0.25, 0.3) is 5.56 Å². The van der Waals surface area contributed by atoms with Gasteiger partial charge in [-0.15, -0.1) is 0 Å². The summed E-state index contributed by atoms with van der Waals surface area (Å²) < 4.78 is 1.58. The maximum atomic E-state index is 12.0. The Morgan fingerprint density at radius 3 is 2.32 bits per heavy atom. The molecule has 3 rings (SSSR count). The third-order valence-corrected chi connectivity index (χ3v) is 4.81. The van der Waals surface area contributed by atoms with E-state index in [0.717, 1.165) is 38.5 Å². The number of nitrogens with one attached hydrogen (secondary N) is 2. The predicted molar refractivity (Wildman–Crippen MR) is 83.7 cm³/mol. The smallest absolute Gasteiger partial charge is 0.315 e. The number of carbonyl (C=O) groups excluding carboxylic acids is 1. The summed E-state index contributed by atoms with van der Waals surface area (Å²) in [7, 11) is 0. The molecule has 1 heterocycles. The Balaban J connectivity index is 1.46.